The van der Waals surface area contributed by atoms with Gasteiger partial charge >= 0.3 is 5.97 Å². The van der Waals surface area contributed by atoms with Gasteiger partial charge in [0.15, 0.2) is 0 Å². The van der Waals surface area contributed by atoms with Crippen LogP contribution in [-0.2, 0) is 16.0 Å². The molecule has 78 valence electrons. The van der Waals surface area contributed by atoms with Crippen molar-refractivity contribution < 1.29 is 14.7 Å². The van der Waals surface area contributed by atoms with Gasteiger partial charge in [-0.25, -0.2) is 0 Å². The maximum atomic E-state index is 10.9. The number of carboxylic acids is 1. The van der Waals surface area contributed by atoms with Crippen molar-refractivity contribution in [2.24, 2.45) is 0 Å². The molecule has 0 saturated carbocycles. The number of hydrogen-bond donors (Lipinski definition) is 2. The van der Waals surface area contributed by atoms with E-state index in [9.17, 15) is 9.59 Å². The van der Waals surface area contributed by atoms with Crippen LogP contribution < -0.4 is 5.32 Å². The largest absolute Gasteiger partial charge is 0.481 e. The first-order valence-corrected chi connectivity index (χ1v) is 4.22. The predicted molar refractivity (Wildman–Crippen MR) is 54.4 cm³/mol. The SMILES string of the molecule is C=CC(=O)Nc1ccc(CC(=O)O)nc1. The summed E-state index contributed by atoms with van der Waals surface area (Å²) in [6.07, 6.45) is 2.42. The van der Waals surface area contributed by atoms with Gasteiger partial charge in [0, 0.05) is 0 Å². The van der Waals surface area contributed by atoms with Crippen molar-refractivity contribution in [3.8, 4) is 0 Å². The second-order valence-corrected chi connectivity index (χ2v) is 2.80. The molecule has 2 N–H and O–H groups in total. The number of amides is 1. The fourth-order valence-corrected chi connectivity index (χ4v) is 0.951. The molecule has 0 fully saturated rings. The molecular weight excluding hydrogens is 196 g/mol. The van der Waals surface area contributed by atoms with Gasteiger partial charge in [0.1, 0.15) is 0 Å². The van der Waals surface area contributed by atoms with E-state index in [-0.39, 0.29) is 12.3 Å². The Balaban J connectivity index is 2.67. The molecule has 1 amide bonds. The van der Waals surface area contributed by atoms with E-state index < -0.39 is 5.97 Å². The lowest BCUT2D eigenvalue weighted by molar-refractivity contribution is -0.136. The summed E-state index contributed by atoms with van der Waals surface area (Å²) in [6.45, 7) is 3.30. The lowest BCUT2D eigenvalue weighted by Gasteiger charge is -2.02. The lowest BCUT2D eigenvalue weighted by Crippen LogP contribution is -2.08. The number of pyridine rings is 1. The monoisotopic (exact) mass is 206 g/mol. The molecule has 0 radical (unpaired) electrons. The van der Waals surface area contributed by atoms with Crippen LogP contribution in [-0.4, -0.2) is 22.0 Å². The van der Waals surface area contributed by atoms with E-state index in [1.807, 2.05) is 0 Å². The first-order chi connectivity index (χ1) is 7.11. The molecule has 1 rings (SSSR count). The molecule has 0 aromatic carbocycles. The third-order valence-corrected chi connectivity index (χ3v) is 1.61. The first-order valence-electron chi connectivity index (χ1n) is 4.22. The van der Waals surface area contributed by atoms with E-state index in [4.69, 9.17) is 5.11 Å². The van der Waals surface area contributed by atoms with Crippen molar-refractivity contribution in [3.63, 3.8) is 0 Å². The standard InChI is InChI=1S/C10H10N2O3/c1-2-9(13)12-8-4-3-7(11-6-8)5-10(14)15/h2-4,6H,1,5H2,(H,12,13)(H,14,15). The Morgan fingerprint density at radius 1 is 1.53 bits per heavy atom. The lowest BCUT2D eigenvalue weighted by atomic mass is 10.2. The average Bonchev–Trinajstić information content (AvgIpc) is 2.20. The number of nitrogens with zero attached hydrogens (tertiary/aromatic N) is 1. The van der Waals surface area contributed by atoms with Gasteiger partial charge in [-0.1, -0.05) is 6.58 Å². The van der Waals surface area contributed by atoms with Gasteiger partial charge < -0.3 is 10.4 Å². The zero-order chi connectivity index (χ0) is 11.3. The summed E-state index contributed by atoms with van der Waals surface area (Å²) in [7, 11) is 0. The van der Waals surface area contributed by atoms with Crippen LogP contribution in [0.25, 0.3) is 0 Å². The summed E-state index contributed by atoms with van der Waals surface area (Å²) in [5.74, 6) is -1.27. The molecule has 0 unspecified atom stereocenters. The Labute approximate surface area is 86.5 Å². The molecule has 0 bridgehead atoms. The molecule has 1 aromatic heterocycles. The molecule has 0 aliphatic carbocycles. The maximum absolute atomic E-state index is 10.9. The van der Waals surface area contributed by atoms with Crippen molar-refractivity contribution in [1.29, 1.82) is 0 Å². The molecule has 15 heavy (non-hydrogen) atoms. The quantitative estimate of drug-likeness (QED) is 0.715. The molecule has 0 aliphatic heterocycles. The summed E-state index contributed by atoms with van der Waals surface area (Å²) in [5.41, 5.74) is 0.952. The van der Waals surface area contributed by atoms with Crippen LogP contribution in [0.2, 0.25) is 0 Å². The number of aliphatic carboxylic acids is 1. The number of carbonyl (C=O) groups excluding carboxylic acids is 1. The zero-order valence-electron chi connectivity index (χ0n) is 7.93. The summed E-state index contributed by atoms with van der Waals surface area (Å²) < 4.78 is 0. The molecule has 0 atom stereocenters. The van der Waals surface area contributed by atoms with Gasteiger partial charge in [-0.15, -0.1) is 0 Å². The Bertz CT molecular complexity index is 384. The minimum absolute atomic E-state index is 0.129. The molecule has 1 heterocycles. The van der Waals surface area contributed by atoms with Crippen LogP contribution in [0.1, 0.15) is 5.69 Å². The van der Waals surface area contributed by atoms with Crippen molar-refractivity contribution in [1.82, 2.24) is 4.98 Å². The summed E-state index contributed by atoms with van der Waals surface area (Å²) >= 11 is 0. The number of aromatic nitrogens is 1. The van der Waals surface area contributed by atoms with Crippen LogP contribution in [0.4, 0.5) is 5.69 Å². The third kappa shape index (κ3) is 3.60. The van der Waals surface area contributed by atoms with E-state index in [2.05, 4.69) is 16.9 Å². The molecule has 5 nitrogen and oxygen atoms in total. The van der Waals surface area contributed by atoms with Gasteiger partial charge in [-0.3, -0.25) is 14.6 Å². The Morgan fingerprint density at radius 2 is 2.27 bits per heavy atom. The molecule has 0 spiro atoms. The van der Waals surface area contributed by atoms with Crippen LogP contribution in [0.3, 0.4) is 0 Å². The zero-order valence-corrected chi connectivity index (χ0v) is 7.93. The minimum atomic E-state index is -0.939. The van der Waals surface area contributed by atoms with Crippen molar-refractivity contribution >= 4 is 17.6 Å². The Hall–Kier alpha value is -2.17. The van der Waals surface area contributed by atoms with Crippen molar-refractivity contribution in [3.05, 3.63) is 36.7 Å². The molecule has 0 saturated heterocycles. The molecular formula is C10H10N2O3. The second-order valence-electron chi connectivity index (χ2n) is 2.80. The summed E-state index contributed by atoms with van der Waals surface area (Å²) in [6, 6.07) is 3.14. The maximum Gasteiger partial charge on any atom is 0.309 e. The number of rotatable bonds is 4. The van der Waals surface area contributed by atoms with E-state index in [0.717, 1.165) is 6.08 Å². The van der Waals surface area contributed by atoms with Crippen LogP contribution >= 0.6 is 0 Å². The highest BCUT2D eigenvalue weighted by molar-refractivity contribution is 5.98. The molecule has 0 aliphatic rings. The predicted octanol–water partition coefficient (Wildman–Crippen LogP) is 0.833. The van der Waals surface area contributed by atoms with Crippen molar-refractivity contribution in [2.45, 2.75) is 6.42 Å². The van der Waals surface area contributed by atoms with Crippen LogP contribution in [0.15, 0.2) is 31.0 Å². The van der Waals surface area contributed by atoms with Gasteiger partial charge in [0.25, 0.3) is 0 Å². The normalized spacial score (nSPS) is 9.33. The topological polar surface area (TPSA) is 79.3 Å². The van der Waals surface area contributed by atoms with Gasteiger partial charge in [-0.05, 0) is 18.2 Å². The minimum Gasteiger partial charge on any atom is -0.481 e. The number of hydrogen-bond acceptors (Lipinski definition) is 3. The number of carbonyl (C=O) groups is 2. The summed E-state index contributed by atoms with van der Waals surface area (Å²) in [4.78, 5) is 25.1. The number of carboxylic acid groups (broad SMARTS) is 1. The van der Waals surface area contributed by atoms with E-state index in [0.29, 0.717) is 11.4 Å². The van der Waals surface area contributed by atoms with Crippen molar-refractivity contribution in [2.75, 3.05) is 5.32 Å². The first kappa shape index (κ1) is 10.9. The number of nitrogens with one attached hydrogen (secondary N) is 1. The highest BCUT2D eigenvalue weighted by atomic mass is 16.4. The fraction of sp³-hybridized carbons (Fsp3) is 0.100. The van der Waals surface area contributed by atoms with E-state index in [1.165, 1.54) is 6.20 Å². The van der Waals surface area contributed by atoms with E-state index >= 15 is 0 Å². The second kappa shape index (κ2) is 4.90. The van der Waals surface area contributed by atoms with E-state index in [1.54, 1.807) is 12.1 Å². The third-order valence-electron chi connectivity index (χ3n) is 1.61. The van der Waals surface area contributed by atoms with Gasteiger partial charge in [0.2, 0.25) is 5.91 Å². The smallest absolute Gasteiger partial charge is 0.309 e. The Kier molecular flexibility index (Phi) is 3.56. The molecule has 5 heteroatoms. The van der Waals surface area contributed by atoms with Crippen LogP contribution in [0.5, 0.6) is 0 Å². The number of anilines is 1. The highest BCUT2D eigenvalue weighted by Crippen LogP contribution is 2.06. The average molecular weight is 206 g/mol. The highest BCUT2D eigenvalue weighted by Gasteiger charge is 2.02. The molecule has 1 aromatic rings. The van der Waals surface area contributed by atoms with Gasteiger partial charge in [0.05, 0.1) is 24.0 Å². The van der Waals surface area contributed by atoms with Crippen LogP contribution in [0, 0.1) is 0 Å². The fourth-order valence-electron chi connectivity index (χ4n) is 0.951. The van der Waals surface area contributed by atoms with Gasteiger partial charge in [-0.2, -0.15) is 0 Å². The Morgan fingerprint density at radius 3 is 2.73 bits per heavy atom. The summed E-state index contributed by atoms with van der Waals surface area (Å²) in [5, 5.41) is 11.0.